The Balaban J connectivity index is 1.59. The summed E-state index contributed by atoms with van der Waals surface area (Å²) in [5.41, 5.74) is 7.77. The molecule has 2 aromatic carbocycles. The largest absolute Gasteiger partial charge is 0.497 e. The Morgan fingerprint density at radius 1 is 1.23 bits per heavy atom. The van der Waals surface area contributed by atoms with Crippen molar-refractivity contribution in [2.45, 2.75) is 31.1 Å². The Morgan fingerprint density at radius 3 is 2.71 bits per heavy atom. The van der Waals surface area contributed by atoms with Crippen molar-refractivity contribution >= 4 is 22.3 Å². The van der Waals surface area contributed by atoms with Gasteiger partial charge in [0, 0.05) is 24.2 Å². The number of nitrogen functional groups attached to an aromatic ring is 1. The van der Waals surface area contributed by atoms with E-state index in [0.717, 1.165) is 60.3 Å². The first kappa shape index (κ1) is 23.5. The Hall–Kier alpha value is -3.26. The van der Waals surface area contributed by atoms with E-state index in [0.29, 0.717) is 17.5 Å². The Kier molecular flexibility index (Phi) is 6.09. The molecule has 0 spiro atoms. The summed E-state index contributed by atoms with van der Waals surface area (Å²) in [6, 6.07) is 11.2. The number of piperidine rings is 3. The number of anilines is 2. The maximum atomic E-state index is 13.2. The molecule has 5 unspecified atom stereocenters. The molecule has 0 saturated carbocycles. The molecule has 5 nitrogen and oxygen atoms in total. The summed E-state index contributed by atoms with van der Waals surface area (Å²) < 4.78 is 45.1. The fourth-order valence-electron chi connectivity index (χ4n) is 5.69. The molecule has 1 aromatic heterocycles. The van der Waals surface area contributed by atoms with E-state index in [-0.39, 0.29) is 17.8 Å². The molecule has 6 rings (SSSR count). The lowest BCUT2D eigenvalue weighted by Gasteiger charge is -2.52. The van der Waals surface area contributed by atoms with E-state index in [1.165, 1.54) is 6.07 Å². The molecule has 35 heavy (non-hydrogen) atoms. The van der Waals surface area contributed by atoms with Crippen LogP contribution in [0.2, 0.25) is 0 Å². The number of benzene rings is 2. The molecule has 8 heteroatoms. The number of alkyl halides is 3. The molecule has 3 aliphatic heterocycles. The summed E-state index contributed by atoms with van der Waals surface area (Å²) in [6.45, 7) is 5.93. The zero-order valence-electron chi connectivity index (χ0n) is 19.6. The van der Waals surface area contributed by atoms with E-state index in [1.807, 2.05) is 24.3 Å². The van der Waals surface area contributed by atoms with E-state index in [9.17, 15) is 13.2 Å². The summed E-state index contributed by atoms with van der Waals surface area (Å²) in [5, 5.41) is 4.47. The van der Waals surface area contributed by atoms with Gasteiger partial charge in [-0.2, -0.15) is 13.2 Å². The third-order valence-electron chi connectivity index (χ3n) is 7.55. The second-order valence-corrected chi connectivity index (χ2v) is 9.45. The molecule has 0 radical (unpaired) electrons. The van der Waals surface area contributed by atoms with Crippen molar-refractivity contribution in [2.24, 2.45) is 11.8 Å². The summed E-state index contributed by atoms with van der Waals surface area (Å²) in [7, 11) is 1.62. The van der Waals surface area contributed by atoms with Crippen LogP contribution in [0.15, 0.2) is 61.3 Å². The topological polar surface area (TPSA) is 63.4 Å². The van der Waals surface area contributed by atoms with E-state index < -0.39 is 11.7 Å². The van der Waals surface area contributed by atoms with Crippen molar-refractivity contribution in [1.82, 2.24) is 9.88 Å². The van der Waals surface area contributed by atoms with Crippen molar-refractivity contribution in [3.63, 3.8) is 0 Å². The number of halogens is 3. The number of aromatic nitrogens is 1. The number of methoxy groups -OCH3 is 1. The fourth-order valence-corrected chi connectivity index (χ4v) is 5.69. The number of ether oxygens (including phenoxy) is 1. The Bertz CT molecular complexity index is 1240. The molecular weight excluding hydrogens is 453 g/mol. The van der Waals surface area contributed by atoms with Crippen LogP contribution in [0.4, 0.5) is 24.5 Å². The normalized spacial score (nSPS) is 24.8. The van der Waals surface area contributed by atoms with Gasteiger partial charge in [-0.05, 0) is 79.3 Å². The SMILES string of the molecule is C=CC1CN2CCC1CC2C(Nc1ccc(C(F)(F)F)cc1N)c1ccnc2ccc(OC)cc12. The lowest BCUT2D eigenvalue weighted by molar-refractivity contribution is -0.137. The van der Waals surface area contributed by atoms with E-state index in [4.69, 9.17) is 10.5 Å². The molecule has 0 aliphatic carbocycles. The quantitative estimate of drug-likeness (QED) is 0.339. The lowest BCUT2D eigenvalue weighted by atomic mass is 9.73. The number of fused-ring (bicyclic) bond motifs is 4. The molecule has 3 aliphatic rings. The number of nitrogens with zero attached hydrogens (tertiary/aromatic N) is 2. The molecule has 184 valence electrons. The Labute approximate surface area is 202 Å². The number of hydrogen-bond acceptors (Lipinski definition) is 5. The van der Waals surface area contributed by atoms with Crippen LogP contribution in [-0.2, 0) is 6.18 Å². The molecule has 3 aromatic rings. The fraction of sp³-hybridized carbons (Fsp3) is 0.370. The van der Waals surface area contributed by atoms with Gasteiger partial charge in [0.15, 0.2) is 0 Å². The third-order valence-corrected chi connectivity index (χ3v) is 7.55. The van der Waals surface area contributed by atoms with Crippen LogP contribution in [-0.4, -0.2) is 36.1 Å². The number of nitrogens with two attached hydrogens (primary N) is 1. The van der Waals surface area contributed by atoms with E-state index >= 15 is 0 Å². The van der Waals surface area contributed by atoms with Gasteiger partial charge in [0.2, 0.25) is 0 Å². The maximum absolute atomic E-state index is 13.2. The maximum Gasteiger partial charge on any atom is 0.416 e. The predicted octanol–water partition coefficient (Wildman–Crippen LogP) is 5.89. The highest BCUT2D eigenvalue weighted by Crippen LogP contribution is 2.44. The first-order valence-electron chi connectivity index (χ1n) is 11.8. The minimum Gasteiger partial charge on any atom is -0.497 e. The first-order chi connectivity index (χ1) is 16.8. The molecule has 3 fully saturated rings. The molecular formula is C27H29F3N4O. The number of nitrogens with one attached hydrogen (secondary N) is 1. The average Bonchev–Trinajstić information content (AvgIpc) is 2.87. The van der Waals surface area contributed by atoms with Crippen LogP contribution < -0.4 is 15.8 Å². The predicted molar refractivity (Wildman–Crippen MR) is 132 cm³/mol. The van der Waals surface area contributed by atoms with Crippen molar-refractivity contribution in [3.8, 4) is 5.75 Å². The summed E-state index contributed by atoms with van der Waals surface area (Å²) >= 11 is 0. The highest BCUT2D eigenvalue weighted by atomic mass is 19.4. The molecule has 3 saturated heterocycles. The van der Waals surface area contributed by atoms with Crippen LogP contribution in [0.25, 0.3) is 10.9 Å². The van der Waals surface area contributed by atoms with Crippen molar-refractivity contribution in [2.75, 3.05) is 31.2 Å². The minimum atomic E-state index is -4.45. The van der Waals surface area contributed by atoms with Gasteiger partial charge in [0.25, 0.3) is 0 Å². The Morgan fingerprint density at radius 2 is 2.06 bits per heavy atom. The third kappa shape index (κ3) is 4.43. The van der Waals surface area contributed by atoms with Gasteiger partial charge in [-0.25, -0.2) is 0 Å². The molecule has 2 bridgehead atoms. The first-order valence-corrected chi connectivity index (χ1v) is 11.8. The zero-order chi connectivity index (χ0) is 24.7. The van der Waals surface area contributed by atoms with Crippen molar-refractivity contribution < 1.29 is 17.9 Å². The number of pyridine rings is 1. The van der Waals surface area contributed by atoms with E-state index in [1.54, 1.807) is 13.3 Å². The van der Waals surface area contributed by atoms with Gasteiger partial charge in [0.1, 0.15) is 5.75 Å². The number of rotatable bonds is 6. The van der Waals surface area contributed by atoms with Gasteiger partial charge in [0.05, 0.1) is 35.6 Å². The standard InChI is InChI=1S/C27H29F3N4O/c1-3-16-15-34-11-9-17(16)12-25(34)26(33-24-6-4-18(13-22(24)31)27(28,29)30)20-8-10-32-23-7-5-19(35-2)14-21(20)23/h3-8,10,13-14,16-17,25-26,33H,1,9,11-12,15,31H2,2H3. The van der Waals surface area contributed by atoms with Gasteiger partial charge < -0.3 is 15.8 Å². The van der Waals surface area contributed by atoms with E-state index in [2.05, 4.69) is 27.9 Å². The highest BCUT2D eigenvalue weighted by Gasteiger charge is 2.43. The van der Waals surface area contributed by atoms with Gasteiger partial charge >= 0.3 is 6.18 Å². The van der Waals surface area contributed by atoms with Gasteiger partial charge in [-0.15, -0.1) is 6.58 Å². The van der Waals surface area contributed by atoms with Crippen LogP contribution >= 0.6 is 0 Å². The van der Waals surface area contributed by atoms with Crippen LogP contribution in [0, 0.1) is 11.8 Å². The highest BCUT2D eigenvalue weighted by molar-refractivity contribution is 5.84. The molecule has 5 atom stereocenters. The molecule has 0 amide bonds. The molecule has 4 heterocycles. The lowest BCUT2D eigenvalue weighted by Crippen LogP contribution is -2.56. The van der Waals surface area contributed by atoms with Gasteiger partial charge in [-0.1, -0.05) is 6.08 Å². The monoisotopic (exact) mass is 482 g/mol. The van der Waals surface area contributed by atoms with Crippen LogP contribution in [0.3, 0.4) is 0 Å². The molecule has 3 N–H and O–H groups in total. The van der Waals surface area contributed by atoms with Crippen molar-refractivity contribution in [1.29, 1.82) is 0 Å². The van der Waals surface area contributed by atoms with Crippen molar-refractivity contribution in [3.05, 3.63) is 72.4 Å². The minimum absolute atomic E-state index is 0.0701. The number of hydrogen-bond donors (Lipinski definition) is 2. The summed E-state index contributed by atoms with van der Waals surface area (Å²) in [5.74, 6) is 1.70. The average molecular weight is 483 g/mol. The summed E-state index contributed by atoms with van der Waals surface area (Å²) in [4.78, 5) is 6.99. The van der Waals surface area contributed by atoms with Crippen LogP contribution in [0.5, 0.6) is 5.75 Å². The second-order valence-electron chi connectivity index (χ2n) is 9.45. The summed E-state index contributed by atoms with van der Waals surface area (Å²) in [6.07, 6.45) is 1.46. The van der Waals surface area contributed by atoms with Crippen LogP contribution in [0.1, 0.15) is 30.0 Å². The smallest absolute Gasteiger partial charge is 0.416 e. The zero-order valence-corrected chi connectivity index (χ0v) is 19.6. The second kappa shape index (κ2) is 9.07. The van der Waals surface area contributed by atoms with Gasteiger partial charge in [-0.3, -0.25) is 9.88 Å².